The fourth-order valence-electron chi connectivity index (χ4n) is 2.59. The van der Waals surface area contributed by atoms with E-state index in [-0.39, 0.29) is 12.2 Å². The Morgan fingerprint density at radius 2 is 1.76 bits per heavy atom. The first kappa shape index (κ1) is 17.0. The second-order valence-electron chi connectivity index (χ2n) is 5.35. The Morgan fingerprint density at radius 1 is 1.00 bits per heavy atom. The molecular weight excluding hydrogens is 344 g/mol. The normalized spacial score (nSPS) is 14.4. The van der Waals surface area contributed by atoms with Crippen molar-refractivity contribution in [1.29, 1.82) is 0 Å². The summed E-state index contributed by atoms with van der Waals surface area (Å²) < 4.78 is 5.46. The molecule has 128 valence electrons. The molecule has 0 aromatic heterocycles. The number of halogens is 1. The summed E-state index contributed by atoms with van der Waals surface area (Å²) in [7, 11) is 0. The van der Waals surface area contributed by atoms with Crippen LogP contribution < -0.4 is 9.64 Å². The first-order chi connectivity index (χ1) is 12.0. The van der Waals surface area contributed by atoms with Crippen LogP contribution in [0, 0.1) is 0 Å². The molecule has 0 spiro atoms. The number of benzene rings is 2. The maximum atomic E-state index is 12.7. The van der Waals surface area contributed by atoms with Crippen molar-refractivity contribution >= 4 is 35.1 Å². The summed E-state index contributed by atoms with van der Waals surface area (Å²) in [6.07, 6.45) is 0. The second-order valence-corrected chi connectivity index (χ2v) is 5.78. The fourth-order valence-corrected chi connectivity index (χ4v) is 2.81. The molecule has 0 radical (unpaired) electrons. The average molecular weight is 359 g/mol. The van der Waals surface area contributed by atoms with Crippen LogP contribution in [0.5, 0.6) is 5.75 Å². The third kappa shape index (κ3) is 3.21. The topological polar surface area (TPSA) is 66.9 Å². The van der Waals surface area contributed by atoms with E-state index < -0.39 is 17.8 Å². The molecule has 7 heteroatoms. The van der Waals surface area contributed by atoms with Gasteiger partial charge in [-0.15, -0.1) is 0 Å². The Morgan fingerprint density at radius 3 is 2.48 bits per heavy atom. The molecule has 0 saturated carbocycles. The van der Waals surface area contributed by atoms with Crippen LogP contribution in [-0.2, 0) is 16.1 Å². The Kier molecular flexibility index (Phi) is 4.72. The number of nitrogens with zero attached hydrogens (tertiary/aromatic N) is 2. The van der Waals surface area contributed by atoms with Gasteiger partial charge in [0, 0.05) is 5.02 Å². The number of urea groups is 1. The molecule has 0 bridgehead atoms. The van der Waals surface area contributed by atoms with Crippen molar-refractivity contribution in [2.24, 2.45) is 0 Å². The number of carbonyl (C=O) groups excluding carboxylic acids is 3. The highest BCUT2D eigenvalue weighted by atomic mass is 35.5. The van der Waals surface area contributed by atoms with Gasteiger partial charge in [-0.1, -0.05) is 35.9 Å². The molecule has 0 aliphatic carbocycles. The molecule has 2 aromatic rings. The van der Waals surface area contributed by atoms with Crippen molar-refractivity contribution in [3.63, 3.8) is 0 Å². The van der Waals surface area contributed by atoms with Crippen LogP contribution in [0.15, 0.2) is 48.5 Å². The van der Waals surface area contributed by atoms with Gasteiger partial charge in [0.25, 0.3) is 0 Å². The highest BCUT2D eigenvalue weighted by Crippen LogP contribution is 2.32. The Balaban J connectivity index is 1.92. The van der Waals surface area contributed by atoms with Crippen LogP contribution in [0.1, 0.15) is 12.5 Å². The lowest BCUT2D eigenvalue weighted by atomic mass is 10.2. The number of imide groups is 2. The predicted octanol–water partition coefficient (Wildman–Crippen LogP) is 3.23. The van der Waals surface area contributed by atoms with Crippen LogP contribution in [0.4, 0.5) is 10.5 Å². The number of amides is 4. The number of rotatable bonds is 5. The molecule has 1 aliphatic rings. The van der Waals surface area contributed by atoms with Crippen molar-refractivity contribution < 1.29 is 19.1 Å². The highest BCUT2D eigenvalue weighted by Gasteiger charge is 2.46. The third-order valence-corrected chi connectivity index (χ3v) is 3.92. The SMILES string of the molecule is CCOc1ccccc1N1C(=O)C(=O)N(Cc2cccc(Cl)c2)C1=O. The summed E-state index contributed by atoms with van der Waals surface area (Å²) in [5.74, 6) is -1.42. The number of hydrogen-bond donors (Lipinski definition) is 0. The van der Waals surface area contributed by atoms with Crippen LogP contribution in [0.3, 0.4) is 0 Å². The number of anilines is 1. The van der Waals surface area contributed by atoms with Gasteiger partial charge in [0.15, 0.2) is 0 Å². The maximum Gasteiger partial charge on any atom is 0.339 e. The van der Waals surface area contributed by atoms with Gasteiger partial charge in [-0.2, -0.15) is 0 Å². The van der Waals surface area contributed by atoms with Gasteiger partial charge in [0.2, 0.25) is 0 Å². The second kappa shape index (κ2) is 6.94. The van der Waals surface area contributed by atoms with Gasteiger partial charge in [0.05, 0.1) is 18.8 Å². The minimum absolute atomic E-state index is 0.0305. The van der Waals surface area contributed by atoms with Crippen LogP contribution in [0.2, 0.25) is 5.02 Å². The van der Waals surface area contributed by atoms with E-state index in [2.05, 4.69) is 0 Å². The number of carbonyl (C=O) groups is 3. The average Bonchev–Trinajstić information content (AvgIpc) is 2.80. The summed E-state index contributed by atoms with van der Waals surface area (Å²) in [6.45, 7) is 2.13. The molecular formula is C18H15ClN2O4. The molecule has 0 atom stereocenters. The molecule has 1 aliphatic heterocycles. The minimum Gasteiger partial charge on any atom is -0.492 e. The van der Waals surface area contributed by atoms with E-state index in [0.717, 1.165) is 9.80 Å². The molecule has 1 heterocycles. The maximum absolute atomic E-state index is 12.7. The smallest absolute Gasteiger partial charge is 0.339 e. The lowest BCUT2D eigenvalue weighted by Gasteiger charge is -2.18. The molecule has 1 fully saturated rings. The summed E-state index contributed by atoms with van der Waals surface area (Å²) in [5, 5.41) is 0.487. The van der Waals surface area contributed by atoms with Crippen molar-refractivity contribution in [2.45, 2.75) is 13.5 Å². The summed E-state index contributed by atoms with van der Waals surface area (Å²) in [4.78, 5) is 39.1. The van der Waals surface area contributed by atoms with Crippen molar-refractivity contribution in [3.05, 3.63) is 59.1 Å². The first-order valence-corrected chi connectivity index (χ1v) is 8.07. The van der Waals surface area contributed by atoms with Gasteiger partial charge in [0.1, 0.15) is 5.75 Å². The number of para-hydroxylation sites is 2. The minimum atomic E-state index is -0.904. The molecule has 2 aromatic carbocycles. The largest absolute Gasteiger partial charge is 0.492 e. The zero-order chi connectivity index (χ0) is 18.0. The first-order valence-electron chi connectivity index (χ1n) is 7.69. The summed E-state index contributed by atoms with van der Waals surface area (Å²) >= 11 is 5.93. The Labute approximate surface area is 149 Å². The molecule has 1 saturated heterocycles. The lowest BCUT2D eigenvalue weighted by molar-refractivity contribution is -0.139. The molecule has 6 nitrogen and oxygen atoms in total. The fraction of sp³-hybridized carbons (Fsp3) is 0.167. The van der Waals surface area contributed by atoms with Crippen molar-refractivity contribution in [3.8, 4) is 5.75 Å². The standard InChI is InChI=1S/C18H15ClN2O4/c1-2-25-15-9-4-3-8-14(15)21-17(23)16(22)20(18(21)24)11-12-6-5-7-13(19)10-12/h3-10H,2,11H2,1H3. The number of hydrogen-bond acceptors (Lipinski definition) is 4. The summed E-state index contributed by atoms with van der Waals surface area (Å²) in [6, 6.07) is 12.7. The van der Waals surface area contributed by atoms with Crippen LogP contribution in [-0.4, -0.2) is 29.4 Å². The molecule has 25 heavy (non-hydrogen) atoms. The van der Waals surface area contributed by atoms with E-state index >= 15 is 0 Å². The molecule has 0 N–H and O–H groups in total. The predicted molar refractivity (Wildman–Crippen MR) is 92.5 cm³/mol. The third-order valence-electron chi connectivity index (χ3n) is 3.69. The van der Waals surface area contributed by atoms with Crippen LogP contribution in [0.25, 0.3) is 0 Å². The lowest BCUT2D eigenvalue weighted by Crippen LogP contribution is -2.33. The zero-order valence-electron chi connectivity index (χ0n) is 13.4. The zero-order valence-corrected chi connectivity index (χ0v) is 14.2. The van der Waals surface area contributed by atoms with Crippen molar-refractivity contribution in [1.82, 2.24) is 4.90 Å². The van der Waals surface area contributed by atoms with Gasteiger partial charge in [-0.05, 0) is 36.8 Å². The van der Waals surface area contributed by atoms with Gasteiger partial charge in [-0.25, -0.2) is 9.69 Å². The van der Waals surface area contributed by atoms with E-state index in [4.69, 9.17) is 16.3 Å². The monoisotopic (exact) mass is 358 g/mol. The highest BCUT2D eigenvalue weighted by molar-refractivity contribution is 6.52. The van der Waals surface area contributed by atoms with E-state index in [1.54, 1.807) is 55.5 Å². The quantitative estimate of drug-likeness (QED) is 0.608. The van der Waals surface area contributed by atoms with E-state index in [1.165, 1.54) is 0 Å². The van der Waals surface area contributed by atoms with E-state index in [0.29, 0.717) is 22.9 Å². The molecule has 3 rings (SSSR count). The Hall–Kier alpha value is -2.86. The van der Waals surface area contributed by atoms with Gasteiger partial charge >= 0.3 is 17.8 Å². The Bertz CT molecular complexity index is 852. The van der Waals surface area contributed by atoms with Crippen LogP contribution >= 0.6 is 11.6 Å². The molecule has 0 unspecified atom stereocenters. The van der Waals surface area contributed by atoms with E-state index in [1.807, 2.05) is 0 Å². The molecule has 4 amide bonds. The van der Waals surface area contributed by atoms with Crippen molar-refractivity contribution in [2.75, 3.05) is 11.5 Å². The number of ether oxygens (including phenoxy) is 1. The van der Waals surface area contributed by atoms with Gasteiger partial charge < -0.3 is 4.74 Å². The van der Waals surface area contributed by atoms with E-state index in [9.17, 15) is 14.4 Å². The van der Waals surface area contributed by atoms with Gasteiger partial charge in [-0.3, -0.25) is 14.5 Å². The summed E-state index contributed by atoms with van der Waals surface area (Å²) in [5.41, 5.74) is 0.906.